The van der Waals surface area contributed by atoms with Gasteiger partial charge in [0.15, 0.2) is 0 Å². The fraction of sp³-hybridized carbons (Fsp3) is 0.556. The van der Waals surface area contributed by atoms with Gasteiger partial charge in [-0.1, -0.05) is 12.1 Å². The average Bonchev–Trinajstić information content (AvgIpc) is 2.92. The number of carbonyl (C=O) groups is 2. The molecule has 0 aromatic heterocycles. The van der Waals surface area contributed by atoms with Crippen molar-refractivity contribution in [3.8, 4) is 0 Å². The molecule has 0 aliphatic carbocycles. The molecular weight excluding hydrogens is 292 g/mol. The first-order valence-electron chi connectivity index (χ1n) is 8.24. The van der Waals surface area contributed by atoms with E-state index in [4.69, 9.17) is 4.74 Å². The van der Waals surface area contributed by atoms with Crippen molar-refractivity contribution in [2.75, 3.05) is 31.2 Å². The SMILES string of the molecule is Cc1cccc(N2C[C@H](C(=O)N3CCOC[C@H]3C)CC2=O)c1C. The number of aryl methyl sites for hydroxylation is 1. The van der Waals surface area contributed by atoms with Crippen LogP contribution in [0.5, 0.6) is 0 Å². The number of benzene rings is 1. The Morgan fingerprint density at radius 3 is 2.83 bits per heavy atom. The molecule has 0 N–H and O–H groups in total. The number of amides is 2. The summed E-state index contributed by atoms with van der Waals surface area (Å²) in [6, 6.07) is 6.05. The Labute approximate surface area is 137 Å². The van der Waals surface area contributed by atoms with Gasteiger partial charge in [-0.2, -0.15) is 0 Å². The smallest absolute Gasteiger partial charge is 0.228 e. The molecule has 0 saturated carbocycles. The molecule has 1 aromatic rings. The van der Waals surface area contributed by atoms with Crippen LogP contribution in [0.1, 0.15) is 24.5 Å². The van der Waals surface area contributed by atoms with Gasteiger partial charge in [0.25, 0.3) is 0 Å². The van der Waals surface area contributed by atoms with Crippen molar-refractivity contribution >= 4 is 17.5 Å². The number of rotatable bonds is 2. The number of anilines is 1. The molecule has 0 radical (unpaired) electrons. The zero-order valence-corrected chi connectivity index (χ0v) is 14.0. The van der Waals surface area contributed by atoms with E-state index in [9.17, 15) is 9.59 Å². The Morgan fingerprint density at radius 2 is 2.09 bits per heavy atom. The van der Waals surface area contributed by atoms with Crippen LogP contribution in [0.2, 0.25) is 0 Å². The second-order valence-corrected chi connectivity index (χ2v) is 6.58. The number of morpholine rings is 1. The maximum absolute atomic E-state index is 12.8. The lowest BCUT2D eigenvalue weighted by Crippen LogP contribution is -2.49. The molecule has 2 atom stereocenters. The first-order valence-corrected chi connectivity index (χ1v) is 8.24. The molecule has 2 amide bonds. The average molecular weight is 316 g/mol. The standard InChI is InChI=1S/C18H24N2O3/c1-12-5-4-6-16(14(12)3)20-10-15(9-17(20)21)18(22)19-7-8-23-11-13(19)2/h4-6,13,15H,7-11H2,1-3H3/t13-,15-/m1/s1. The molecular formula is C18H24N2O3. The minimum absolute atomic E-state index is 0.0398. The van der Waals surface area contributed by atoms with Crippen LogP contribution < -0.4 is 4.90 Å². The van der Waals surface area contributed by atoms with Gasteiger partial charge in [0, 0.05) is 25.2 Å². The van der Waals surface area contributed by atoms with Gasteiger partial charge in [-0.15, -0.1) is 0 Å². The number of nitrogens with zero attached hydrogens (tertiary/aromatic N) is 2. The lowest BCUT2D eigenvalue weighted by Gasteiger charge is -2.35. The summed E-state index contributed by atoms with van der Waals surface area (Å²) in [5.74, 6) is -0.122. The van der Waals surface area contributed by atoms with E-state index < -0.39 is 0 Å². The van der Waals surface area contributed by atoms with Crippen LogP contribution in [0.4, 0.5) is 5.69 Å². The Kier molecular flexibility index (Phi) is 4.39. The van der Waals surface area contributed by atoms with E-state index in [0.717, 1.165) is 16.8 Å². The summed E-state index contributed by atoms with van der Waals surface area (Å²) >= 11 is 0. The number of hydrogen-bond acceptors (Lipinski definition) is 3. The van der Waals surface area contributed by atoms with E-state index in [1.54, 1.807) is 4.90 Å². The maximum Gasteiger partial charge on any atom is 0.228 e. The van der Waals surface area contributed by atoms with Crippen LogP contribution >= 0.6 is 0 Å². The molecule has 5 heteroatoms. The van der Waals surface area contributed by atoms with Crippen molar-refractivity contribution in [3.63, 3.8) is 0 Å². The molecule has 0 unspecified atom stereocenters. The molecule has 0 spiro atoms. The van der Waals surface area contributed by atoms with Crippen molar-refractivity contribution in [1.29, 1.82) is 0 Å². The topological polar surface area (TPSA) is 49.9 Å². The lowest BCUT2D eigenvalue weighted by molar-refractivity contribution is -0.143. The van der Waals surface area contributed by atoms with E-state index >= 15 is 0 Å². The third-order valence-electron chi connectivity index (χ3n) is 4.99. The highest BCUT2D eigenvalue weighted by molar-refractivity contribution is 6.01. The lowest BCUT2D eigenvalue weighted by atomic mass is 10.1. The normalized spacial score (nSPS) is 25.1. The fourth-order valence-electron chi connectivity index (χ4n) is 3.42. The number of carbonyl (C=O) groups excluding carboxylic acids is 2. The third-order valence-corrected chi connectivity index (χ3v) is 4.99. The Bertz CT molecular complexity index is 629. The number of hydrogen-bond donors (Lipinski definition) is 0. The molecule has 0 bridgehead atoms. The van der Waals surface area contributed by atoms with Crippen molar-refractivity contribution < 1.29 is 14.3 Å². The maximum atomic E-state index is 12.8. The van der Waals surface area contributed by atoms with Crippen LogP contribution in [0.15, 0.2) is 18.2 Å². The molecule has 2 fully saturated rings. The van der Waals surface area contributed by atoms with Gasteiger partial charge in [0.1, 0.15) is 0 Å². The van der Waals surface area contributed by atoms with Gasteiger partial charge in [0.2, 0.25) is 11.8 Å². The molecule has 2 saturated heterocycles. The number of ether oxygens (including phenoxy) is 1. The van der Waals surface area contributed by atoms with Crippen molar-refractivity contribution in [2.45, 2.75) is 33.2 Å². The molecule has 23 heavy (non-hydrogen) atoms. The van der Waals surface area contributed by atoms with E-state index in [-0.39, 0.29) is 23.8 Å². The zero-order valence-electron chi connectivity index (χ0n) is 14.0. The molecule has 3 rings (SSSR count). The zero-order chi connectivity index (χ0) is 16.6. The van der Waals surface area contributed by atoms with E-state index in [0.29, 0.717) is 32.7 Å². The molecule has 5 nitrogen and oxygen atoms in total. The summed E-state index contributed by atoms with van der Waals surface area (Å²) in [7, 11) is 0. The highest BCUT2D eigenvalue weighted by Gasteiger charge is 2.39. The highest BCUT2D eigenvalue weighted by Crippen LogP contribution is 2.30. The van der Waals surface area contributed by atoms with Gasteiger partial charge >= 0.3 is 0 Å². The summed E-state index contributed by atoms with van der Waals surface area (Å²) in [6.07, 6.45) is 0.302. The highest BCUT2D eigenvalue weighted by atomic mass is 16.5. The summed E-state index contributed by atoms with van der Waals surface area (Å²) in [4.78, 5) is 28.9. The van der Waals surface area contributed by atoms with Crippen LogP contribution in [-0.2, 0) is 14.3 Å². The second-order valence-electron chi connectivity index (χ2n) is 6.58. The van der Waals surface area contributed by atoms with Crippen molar-refractivity contribution in [1.82, 2.24) is 4.90 Å². The summed E-state index contributed by atoms with van der Waals surface area (Å²) < 4.78 is 5.39. The van der Waals surface area contributed by atoms with Crippen LogP contribution in [0.25, 0.3) is 0 Å². The Morgan fingerprint density at radius 1 is 1.30 bits per heavy atom. The Hall–Kier alpha value is -1.88. The van der Waals surface area contributed by atoms with Crippen LogP contribution in [0.3, 0.4) is 0 Å². The molecule has 1 aromatic carbocycles. The van der Waals surface area contributed by atoms with Gasteiger partial charge in [0.05, 0.1) is 25.2 Å². The van der Waals surface area contributed by atoms with Gasteiger partial charge in [-0.05, 0) is 38.0 Å². The molecule has 2 aliphatic heterocycles. The largest absolute Gasteiger partial charge is 0.377 e. The van der Waals surface area contributed by atoms with Gasteiger partial charge in [-0.3, -0.25) is 9.59 Å². The molecule has 124 valence electrons. The Balaban J connectivity index is 1.77. The quantitative estimate of drug-likeness (QED) is 0.837. The van der Waals surface area contributed by atoms with Gasteiger partial charge in [-0.25, -0.2) is 0 Å². The second kappa shape index (κ2) is 6.32. The molecule has 2 heterocycles. The van der Waals surface area contributed by atoms with Crippen LogP contribution in [-0.4, -0.2) is 49.1 Å². The fourth-order valence-corrected chi connectivity index (χ4v) is 3.42. The van der Waals surface area contributed by atoms with Crippen molar-refractivity contribution in [3.05, 3.63) is 29.3 Å². The predicted molar refractivity (Wildman–Crippen MR) is 88.4 cm³/mol. The predicted octanol–water partition coefficient (Wildman–Crippen LogP) is 1.90. The first kappa shape index (κ1) is 16.0. The minimum Gasteiger partial charge on any atom is -0.377 e. The summed E-state index contributed by atoms with van der Waals surface area (Å²) in [5.41, 5.74) is 3.20. The minimum atomic E-state index is -0.247. The summed E-state index contributed by atoms with van der Waals surface area (Å²) in [6.45, 7) is 8.32. The van der Waals surface area contributed by atoms with E-state index in [2.05, 4.69) is 0 Å². The summed E-state index contributed by atoms with van der Waals surface area (Å²) in [5, 5.41) is 0. The van der Waals surface area contributed by atoms with E-state index in [1.165, 1.54) is 0 Å². The van der Waals surface area contributed by atoms with Crippen LogP contribution in [0, 0.1) is 19.8 Å². The first-order chi connectivity index (χ1) is 11.0. The molecule has 2 aliphatic rings. The third kappa shape index (κ3) is 2.98. The van der Waals surface area contributed by atoms with Crippen molar-refractivity contribution in [2.24, 2.45) is 5.92 Å². The monoisotopic (exact) mass is 316 g/mol. The van der Waals surface area contributed by atoms with Gasteiger partial charge < -0.3 is 14.5 Å². The van der Waals surface area contributed by atoms with E-state index in [1.807, 2.05) is 43.9 Å².